The molecule has 4 aromatic rings. The maximum atomic E-state index is 13.0. The molecule has 1 unspecified atom stereocenters. The summed E-state index contributed by atoms with van der Waals surface area (Å²) in [4.78, 5) is 25.6. The fourth-order valence-corrected chi connectivity index (χ4v) is 4.99. The van der Waals surface area contributed by atoms with Crippen LogP contribution in [-0.2, 0) is 11.8 Å². The monoisotopic (exact) mass is 439 g/mol. The first-order chi connectivity index (χ1) is 14.8. The van der Waals surface area contributed by atoms with E-state index < -0.39 is 0 Å². The summed E-state index contributed by atoms with van der Waals surface area (Å²) in [6, 6.07) is 9.43. The third-order valence-corrected chi connectivity index (χ3v) is 6.49. The number of benzene rings is 1. The minimum absolute atomic E-state index is 0.0276. The van der Waals surface area contributed by atoms with Crippen LogP contribution in [-0.4, -0.2) is 49.0 Å². The highest BCUT2D eigenvalue weighted by Gasteiger charge is 2.21. The van der Waals surface area contributed by atoms with Crippen molar-refractivity contribution in [2.75, 3.05) is 19.5 Å². The topological polar surface area (TPSA) is 83.4 Å². The average molecular weight is 440 g/mol. The van der Waals surface area contributed by atoms with E-state index >= 15 is 0 Å². The Kier molecular flexibility index (Phi) is 5.72. The number of methoxy groups -OCH3 is 1. The van der Waals surface area contributed by atoms with Crippen molar-refractivity contribution in [2.45, 2.75) is 32.0 Å². The molecule has 0 N–H and O–H groups in total. The van der Waals surface area contributed by atoms with Gasteiger partial charge in [-0.25, -0.2) is 0 Å². The number of thioether (sulfide) groups is 1. The number of rotatable bonds is 7. The fraction of sp³-hybridized carbons (Fsp3) is 0.364. The zero-order valence-electron chi connectivity index (χ0n) is 18.2. The van der Waals surface area contributed by atoms with Gasteiger partial charge in [0.2, 0.25) is 5.78 Å². The van der Waals surface area contributed by atoms with E-state index in [0.717, 1.165) is 16.9 Å². The van der Waals surface area contributed by atoms with E-state index in [1.54, 1.807) is 20.2 Å². The van der Waals surface area contributed by atoms with Crippen LogP contribution in [0.3, 0.4) is 0 Å². The van der Waals surface area contributed by atoms with Crippen molar-refractivity contribution in [3.05, 3.63) is 57.6 Å². The highest BCUT2D eigenvalue weighted by molar-refractivity contribution is 7.99. The Bertz CT molecular complexity index is 1350. The molecule has 0 aliphatic heterocycles. The number of fused-ring (bicyclic) bond motifs is 3. The van der Waals surface area contributed by atoms with Gasteiger partial charge >= 0.3 is 0 Å². The van der Waals surface area contributed by atoms with E-state index in [-0.39, 0.29) is 23.1 Å². The largest absolute Gasteiger partial charge is 0.383 e. The highest BCUT2D eigenvalue weighted by Crippen LogP contribution is 2.25. The lowest BCUT2D eigenvalue weighted by atomic mass is 10.2. The van der Waals surface area contributed by atoms with E-state index in [2.05, 4.69) is 21.7 Å². The number of aromatic nitrogens is 5. The SMILES string of the molecule is COCC(C)n1c(C)cc(C(=O)CSc2nnc3n(C)c(=O)c4ccccc4n23)c1C. The number of nitrogens with zero attached hydrogens (tertiary/aromatic N) is 5. The van der Waals surface area contributed by atoms with Gasteiger partial charge in [0.05, 0.1) is 29.3 Å². The van der Waals surface area contributed by atoms with Gasteiger partial charge < -0.3 is 9.30 Å². The Balaban J connectivity index is 1.66. The van der Waals surface area contributed by atoms with Gasteiger partial charge in [0.25, 0.3) is 5.56 Å². The first-order valence-corrected chi connectivity index (χ1v) is 11.0. The summed E-state index contributed by atoms with van der Waals surface area (Å²) >= 11 is 1.32. The quantitative estimate of drug-likeness (QED) is 0.325. The lowest BCUT2D eigenvalue weighted by Crippen LogP contribution is -2.20. The summed E-state index contributed by atoms with van der Waals surface area (Å²) in [6.07, 6.45) is 0. The van der Waals surface area contributed by atoms with Crippen molar-refractivity contribution in [3.8, 4) is 0 Å². The number of para-hydroxylation sites is 1. The molecule has 9 heteroatoms. The van der Waals surface area contributed by atoms with Gasteiger partial charge in [-0.3, -0.25) is 18.6 Å². The number of hydrogen-bond acceptors (Lipinski definition) is 6. The van der Waals surface area contributed by atoms with Crippen molar-refractivity contribution < 1.29 is 9.53 Å². The number of ketones is 1. The van der Waals surface area contributed by atoms with Crippen molar-refractivity contribution in [3.63, 3.8) is 0 Å². The van der Waals surface area contributed by atoms with Crippen LogP contribution in [0.25, 0.3) is 16.7 Å². The Morgan fingerprint density at radius 3 is 2.71 bits per heavy atom. The van der Waals surface area contributed by atoms with Crippen molar-refractivity contribution in [1.29, 1.82) is 0 Å². The van der Waals surface area contributed by atoms with Crippen LogP contribution in [0.1, 0.15) is 34.7 Å². The number of carbonyl (C=O) groups excluding carboxylic acids is 1. The van der Waals surface area contributed by atoms with Gasteiger partial charge in [0.1, 0.15) is 0 Å². The highest BCUT2D eigenvalue weighted by atomic mass is 32.2. The molecule has 0 bridgehead atoms. The molecular formula is C22H25N5O3S. The minimum Gasteiger partial charge on any atom is -0.383 e. The molecule has 0 aliphatic rings. The molecule has 3 aromatic heterocycles. The summed E-state index contributed by atoms with van der Waals surface area (Å²) in [5, 5.41) is 9.60. The average Bonchev–Trinajstić information content (AvgIpc) is 3.31. The molecule has 0 spiro atoms. The number of carbonyl (C=O) groups is 1. The van der Waals surface area contributed by atoms with Crippen molar-refractivity contribution in [1.82, 2.24) is 23.7 Å². The number of Topliss-reactive ketones (excluding diaryl/α,β-unsaturated/α-hetero) is 1. The molecule has 1 atom stereocenters. The molecule has 1 aromatic carbocycles. The molecule has 0 radical (unpaired) electrons. The zero-order chi connectivity index (χ0) is 22.3. The molecule has 0 fully saturated rings. The van der Waals surface area contributed by atoms with E-state index in [4.69, 9.17) is 4.74 Å². The lowest BCUT2D eigenvalue weighted by Gasteiger charge is -2.17. The van der Waals surface area contributed by atoms with Gasteiger partial charge in [0.15, 0.2) is 10.9 Å². The normalized spacial score (nSPS) is 12.7. The molecule has 0 saturated heterocycles. The molecule has 4 rings (SSSR count). The zero-order valence-corrected chi connectivity index (χ0v) is 19.1. The summed E-state index contributed by atoms with van der Waals surface area (Å²) in [6.45, 7) is 6.62. The van der Waals surface area contributed by atoms with Gasteiger partial charge in [-0.15, -0.1) is 10.2 Å². The van der Waals surface area contributed by atoms with Crippen LogP contribution in [0.5, 0.6) is 0 Å². The third-order valence-electron chi connectivity index (χ3n) is 5.56. The lowest BCUT2D eigenvalue weighted by molar-refractivity contribution is 0.102. The summed E-state index contributed by atoms with van der Waals surface area (Å²) in [7, 11) is 3.35. The summed E-state index contributed by atoms with van der Waals surface area (Å²) in [5.41, 5.74) is 3.28. The van der Waals surface area contributed by atoms with E-state index in [9.17, 15) is 9.59 Å². The maximum Gasteiger partial charge on any atom is 0.262 e. The fourth-order valence-electron chi connectivity index (χ4n) is 4.17. The molecule has 0 saturated carbocycles. The van der Waals surface area contributed by atoms with Crippen molar-refractivity contribution in [2.24, 2.45) is 7.05 Å². The first-order valence-electron chi connectivity index (χ1n) is 10.0. The molecule has 162 valence electrons. The Morgan fingerprint density at radius 2 is 1.97 bits per heavy atom. The van der Waals surface area contributed by atoms with E-state index in [1.165, 1.54) is 16.3 Å². The molecule has 0 amide bonds. The second kappa shape index (κ2) is 8.32. The van der Waals surface area contributed by atoms with Gasteiger partial charge in [-0.2, -0.15) is 0 Å². The Morgan fingerprint density at radius 1 is 1.23 bits per heavy atom. The predicted octanol–water partition coefficient (Wildman–Crippen LogP) is 3.18. The van der Waals surface area contributed by atoms with Crippen molar-refractivity contribution >= 4 is 34.2 Å². The second-order valence-corrected chi connectivity index (χ2v) is 8.61. The number of ether oxygens (including phenoxy) is 1. The van der Waals surface area contributed by atoms with Crippen LogP contribution in [0.15, 0.2) is 40.3 Å². The van der Waals surface area contributed by atoms with Gasteiger partial charge in [-0.05, 0) is 39.0 Å². The van der Waals surface area contributed by atoms with Crippen LogP contribution in [0, 0.1) is 13.8 Å². The third kappa shape index (κ3) is 3.57. The number of aryl methyl sites for hydroxylation is 2. The van der Waals surface area contributed by atoms with Crippen LogP contribution < -0.4 is 5.56 Å². The maximum absolute atomic E-state index is 13.0. The number of hydrogen-bond donors (Lipinski definition) is 0. The predicted molar refractivity (Wildman–Crippen MR) is 121 cm³/mol. The first kappa shape index (κ1) is 21.3. The smallest absolute Gasteiger partial charge is 0.262 e. The van der Waals surface area contributed by atoms with Crippen LogP contribution in [0.2, 0.25) is 0 Å². The molecule has 8 nitrogen and oxygen atoms in total. The standard InChI is InChI=1S/C22H25N5O3S/c1-13-10-17(15(3)26(13)14(2)11-30-5)19(28)12-31-22-24-23-21-25(4)20(29)16-8-6-7-9-18(16)27(21)22/h6-10,14H,11-12H2,1-5H3. The van der Waals surface area contributed by atoms with E-state index in [1.807, 2.05) is 42.5 Å². The Hall–Kier alpha value is -2.91. The van der Waals surface area contributed by atoms with Crippen LogP contribution >= 0.6 is 11.8 Å². The van der Waals surface area contributed by atoms with Crippen LogP contribution in [0.4, 0.5) is 0 Å². The second-order valence-electron chi connectivity index (χ2n) is 7.67. The molecule has 31 heavy (non-hydrogen) atoms. The molecular weight excluding hydrogens is 414 g/mol. The van der Waals surface area contributed by atoms with Gasteiger partial charge in [-0.1, -0.05) is 23.9 Å². The molecule has 0 aliphatic carbocycles. The minimum atomic E-state index is -0.124. The summed E-state index contributed by atoms with van der Waals surface area (Å²) in [5.74, 6) is 0.700. The summed E-state index contributed by atoms with van der Waals surface area (Å²) < 4.78 is 10.7. The van der Waals surface area contributed by atoms with E-state index in [0.29, 0.717) is 28.5 Å². The van der Waals surface area contributed by atoms with Gasteiger partial charge in [0, 0.05) is 31.1 Å². The Labute approximate surface area is 183 Å². The molecule has 3 heterocycles.